The van der Waals surface area contributed by atoms with E-state index in [9.17, 15) is 0 Å². The minimum atomic E-state index is 0. The Morgan fingerprint density at radius 1 is 0.889 bits per heavy atom. The molecule has 0 fully saturated rings. The largest absolute Gasteiger partial charge is 2.00 e. The molecule has 0 aliphatic carbocycles. The molecule has 0 amide bonds. The van der Waals surface area contributed by atoms with Crippen LogP contribution >= 0.6 is 0 Å². The summed E-state index contributed by atoms with van der Waals surface area (Å²) in [4.78, 5) is 0. The summed E-state index contributed by atoms with van der Waals surface area (Å²) in [7, 11) is 0. The zero-order chi connectivity index (χ0) is 5.86. The minimum Gasteiger partial charge on any atom is -1.00 e. The van der Waals surface area contributed by atoms with Crippen molar-refractivity contribution in [1.29, 1.82) is 0 Å². The summed E-state index contributed by atoms with van der Waals surface area (Å²) in [5.74, 6) is 0. The van der Waals surface area contributed by atoms with E-state index < -0.39 is 0 Å². The molecule has 1 N–H and O–H groups in total. The predicted molar refractivity (Wildman–Crippen MR) is 39.2 cm³/mol. The first-order valence-corrected chi connectivity index (χ1v) is 2.89. The van der Waals surface area contributed by atoms with Gasteiger partial charge in [0.2, 0.25) is 0 Å². The van der Waals surface area contributed by atoms with Crippen molar-refractivity contribution in [3.63, 3.8) is 0 Å². The fraction of sp³-hybridized carbons (Fsp3) is 1.00. The second kappa shape index (κ2) is 9.21. The van der Waals surface area contributed by atoms with Gasteiger partial charge in [0, 0.05) is 12.1 Å². The molecule has 0 bridgehead atoms. The van der Waals surface area contributed by atoms with Crippen LogP contribution < -0.4 is 22.3 Å². The molecule has 0 radical (unpaired) electrons. The molecule has 1 nitrogen and oxygen atoms in total. The summed E-state index contributed by atoms with van der Waals surface area (Å²) in [6.45, 7) is 8.61. The van der Waals surface area contributed by atoms with E-state index in [1.807, 2.05) is 0 Å². The first-order chi connectivity index (χ1) is 3.13. The molecule has 0 aromatic carbocycles. The van der Waals surface area contributed by atoms with E-state index in [-0.39, 0.29) is 40.0 Å². The van der Waals surface area contributed by atoms with Crippen LogP contribution in [0.15, 0.2) is 0 Å². The SMILES string of the molecule is CC(C)NC(C)C.[Br-].[Mg+2]. The number of hydrogen-bond acceptors (Lipinski definition) is 1. The van der Waals surface area contributed by atoms with E-state index in [1.165, 1.54) is 0 Å². The molecule has 0 spiro atoms. The van der Waals surface area contributed by atoms with Crippen molar-refractivity contribution in [3.8, 4) is 0 Å². The van der Waals surface area contributed by atoms with Gasteiger partial charge < -0.3 is 22.3 Å². The predicted octanol–water partition coefficient (Wildman–Crippen LogP) is -1.98. The Hall–Kier alpha value is 1.21. The van der Waals surface area contributed by atoms with Crippen LogP contribution in [-0.2, 0) is 0 Å². The third-order valence-electron chi connectivity index (χ3n) is 0.667. The average Bonchev–Trinajstić information content (AvgIpc) is 1.27. The number of nitrogens with one attached hydrogen (secondary N) is 1. The molecule has 0 aromatic heterocycles. The van der Waals surface area contributed by atoms with Crippen molar-refractivity contribution in [2.75, 3.05) is 0 Å². The van der Waals surface area contributed by atoms with Gasteiger partial charge in [-0.15, -0.1) is 0 Å². The summed E-state index contributed by atoms with van der Waals surface area (Å²) in [5, 5.41) is 3.31. The monoisotopic (exact) mass is 204 g/mol. The molecular formula is C6H15BrMgN+. The van der Waals surface area contributed by atoms with Gasteiger partial charge in [0.1, 0.15) is 0 Å². The van der Waals surface area contributed by atoms with Crippen LogP contribution in [0.1, 0.15) is 27.7 Å². The summed E-state index contributed by atoms with van der Waals surface area (Å²) in [5.41, 5.74) is 0. The van der Waals surface area contributed by atoms with Gasteiger partial charge in [-0.25, -0.2) is 0 Å². The van der Waals surface area contributed by atoms with Gasteiger partial charge in [-0.2, -0.15) is 0 Å². The molecule has 0 aliphatic heterocycles. The second-order valence-electron chi connectivity index (χ2n) is 2.48. The standard InChI is InChI=1S/C6H15N.BrH.Mg/c1-5(2)7-6(3)4;;/h5-7H,1-4H3;1H;/q;;+2/p-1. The molecule has 0 heterocycles. The molecule has 0 rings (SSSR count). The van der Waals surface area contributed by atoms with Crippen LogP contribution in [0.5, 0.6) is 0 Å². The Morgan fingerprint density at radius 2 is 1.11 bits per heavy atom. The molecule has 52 valence electrons. The van der Waals surface area contributed by atoms with Crippen molar-refractivity contribution < 1.29 is 17.0 Å². The van der Waals surface area contributed by atoms with E-state index in [0.717, 1.165) is 0 Å². The van der Waals surface area contributed by atoms with Crippen LogP contribution in [0.3, 0.4) is 0 Å². The Labute approximate surface area is 84.9 Å². The fourth-order valence-electron chi connectivity index (χ4n) is 0.667. The second-order valence-corrected chi connectivity index (χ2v) is 2.48. The van der Waals surface area contributed by atoms with Crippen LogP contribution in [-0.4, -0.2) is 35.1 Å². The van der Waals surface area contributed by atoms with Gasteiger partial charge in [0.15, 0.2) is 0 Å². The van der Waals surface area contributed by atoms with Crippen LogP contribution in [0.4, 0.5) is 0 Å². The third-order valence-corrected chi connectivity index (χ3v) is 0.667. The van der Waals surface area contributed by atoms with Gasteiger partial charge in [-0.1, -0.05) is 27.7 Å². The summed E-state index contributed by atoms with van der Waals surface area (Å²) >= 11 is 0. The average molecular weight is 205 g/mol. The zero-order valence-corrected chi connectivity index (χ0v) is 9.74. The molecule has 0 saturated heterocycles. The Morgan fingerprint density at radius 3 is 1.11 bits per heavy atom. The van der Waals surface area contributed by atoms with E-state index in [0.29, 0.717) is 12.1 Å². The molecule has 0 saturated carbocycles. The topological polar surface area (TPSA) is 12.0 Å². The molecule has 0 aliphatic rings. The molecule has 0 aromatic rings. The van der Waals surface area contributed by atoms with Gasteiger partial charge in [-0.05, 0) is 0 Å². The number of rotatable bonds is 2. The van der Waals surface area contributed by atoms with E-state index >= 15 is 0 Å². The normalized spacial score (nSPS) is 8.67. The molecular weight excluding hydrogens is 190 g/mol. The van der Waals surface area contributed by atoms with Gasteiger partial charge in [0.05, 0.1) is 0 Å². The summed E-state index contributed by atoms with van der Waals surface area (Å²) < 4.78 is 0. The van der Waals surface area contributed by atoms with Crippen molar-refractivity contribution in [1.82, 2.24) is 5.32 Å². The van der Waals surface area contributed by atoms with Crippen molar-refractivity contribution in [2.45, 2.75) is 39.8 Å². The van der Waals surface area contributed by atoms with Crippen LogP contribution in [0.25, 0.3) is 0 Å². The van der Waals surface area contributed by atoms with Gasteiger partial charge in [-0.3, -0.25) is 0 Å². The molecule has 0 atom stereocenters. The third kappa shape index (κ3) is 17.6. The van der Waals surface area contributed by atoms with E-state index in [4.69, 9.17) is 0 Å². The van der Waals surface area contributed by atoms with Crippen LogP contribution in [0.2, 0.25) is 0 Å². The number of halogens is 1. The maximum absolute atomic E-state index is 3.31. The quantitative estimate of drug-likeness (QED) is 0.515. The van der Waals surface area contributed by atoms with Crippen LogP contribution in [0, 0.1) is 0 Å². The summed E-state index contributed by atoms with van der Waals surface area (Å²) in [6.07, 6.45) is 0. The Kier molecular flexibility index (Phi) is 17.0. The van der Waals surface area contributed by atoms with E-state index in [1.54, 1.807) is 0 Å². The fourth-order valence-corrected chi connectivity index (χ4v) is 0.667. The maximum Gasteiger partial charge on any atom is 2.00 e. The first kappa shape index (κ1) is 16.7. The maximum atomic E-state index is 3.31. The Bertz CT molecular complexity index is 42.3. The molecule has 9 heavy (non-hydrogen) atoms. The van der Waals surface area contributed by atoms with Crippen molar-refractivity contribution >= 4 is 23.1 Å². The van der Waals surface area contributed by atoms with Crippen molar-refractivity contribution in [3.05, 3.63) is 0 Å². The van der Waals surface area contributed by atoms with Gasteiger partial charge in [0.25, 0.3) is 0 Å². The van der Waals surface area contributed by atoms with E-state index in [2.05, 4.69) is 33.0 Å². The zero-order valence-electron chi connectivity index (χ0n) is 6.74. The first-order valence-electron chi connectivity index (χ1n) is 2.89. The van der Waals surface area contributed by atoms with Gasteiger partial charge >= 0.3 is 23.1 Å². The smallest absolute Gasteiger partial charge is 1.00 e. The Balaban J connectivity index is -0.000000180. The number of hydrogen-bond donors (Lipinski definition) is 1. The molecule has 3 heteroatoms. The van der Waals surface area contributed by atoms with Crippen molar-refractivity contribution in [2.24, 2.45) is 0 Å². The molecule has 0 unspecified atom stereocenters. The minimum absolute atomic E-state index is 0. The summed E-state index contributed by atoms with van der Waals surface area (Å²) in [6, 6.07) is 1.25.